The number of hydrogen-bond donors (Lipinski definition) is 2. The summed E-state index contributed by atoms with van der Waals surface area (Å²) < 4.78 is 8.43. The summed E-state index contributed by atoms with van der Waals surface area (Å²) in [7, 11) is 4.76. The Labute approximate surface area is 287 Å². The summed E-state index contributed by atoms with van der Waals surface area (Å²) in [6.45, 7) is 3.69. The van der Waals surface area contributed by atoms with Gasteiger partial charge in [-0.05, 0) is 61.1 Å². The summed E-state index contributed by atoms with van der Waals surface area (Å²) in [4.78, 5) is 49.5. The Balaban J connectivity index is 1.13. The summed E-state index contributed by atoms with van der Waals surface area (Å²) in [6.07, 6.45) is 4.96. The van der Waals surface area contributed by atoms with E-state index < -0.39 is 11.2 Å². The zero-order valence-electron chi connectivity index (χ0n) is 27.8. The fourth-order valence-electron chi connectivity index (χ4n) is 7.95. The number of anilines is 2. The van der Waals surface area contributed by atoms with Crippen LogP contribution in [-0.4, -0.2) is 55.6 Å². The van der Waals surface area contributed by atoms with Crippen molar-refractivity contribution < 1.29 is 9.53 Å². The minimum Gasteiger partial charge on any atom is -0.481 e. The molecule has 2 N–H and O–H groups in total. The molecule has 3 aromatic heterocycles. The third-order valence-electron chi connectivity index (χ3n) is 10.5. The fraction of sp³-hybridized carbons (Fsp3) is 0.324. The van der Waals surface area contributed by atoms with E-state index in [2.05, 4.69) is 26.6 Å². The molecule has 2 aliphatic heterocycles. The van der Waals surface area contributed by atoms with Gasteiger partial charge in [0.15, 0.2) is 0 Å². The second kappa shape index (κ2) is 11.6. The van der Waals surface area contributed by atoms with Crippen LogP contribution in [0.4, 0.5) is 11.5 Å². The number of benzene rings is 2. The number of nitrogens with one attached hydrogen (secondary N) is 2. The quantitative estimate of drug-likeness (QED) is 0.257. The first-order valence-corrected chi connectivity index (χ1v) is 16.8. The summed E-state index contributed by atoms with van der Waals surface area (Å²) >= 11 is 7.22. The van der Waals surface area contributed by atoms with E-state index in [4.69, 9.17) is 21.3 Å². The molecule has 0 saturated carbocycles. The number of likely N-dealkylation sites (tertiary alicyclic amines) is 1. The van der Waals surface area contributed by atoms with E-state index in [0.717, 1.165) is 76.1 Å². The van der Waals surface area contributed by atoms with E-state index in [0.29, 0.717) is 34.0 Å². The van der Waals surface area contributed by atoms with Gasteiger partial charge < -0.3 is 15.4 Å². The summed E-state index contributed by atoms with van der Waals surface area (Å²) in [5.74, 6) is 1.13. The fourth-order valence-corrected chi connectivity index (χ4v) is 8.28. The number of rotatable bonds is 6. The number of nitrogens with zero attached hydrogens (tertiary/aromatic N) is 5. The van der Waals surface area contributed by atoms with Gasteiger partial charge in [-0.15, -0.1) is 0 Å². The van der Waals surface area contributed by atoms with Crippen molar-refractivity contribution >= 4 is 39.9 Å². The monoisotopic (exact) mass is 677 g/mol. The van der Waals surface area contributed by atoms with Crippen molar-refractivity contribution in [1.82, 2.24) is 29.3 Å². The van der Waals surface area contributed by atoms with E-state index in [1.165, 1.54) is 17.2 Å². The van der Waals surface area contributed by atoms with Gasteiger partial charge in [-0.2, -0.15) is 0 Å². The molecule has 11 nitrogen and oxygen atoms in total. The highest BCUT2D eigenvalue weighted by molar-refractivity contribution is 6.36. The molecule has 3 aliphatic rings. The minimum absolute atomic E-state index is 0.0817. The second-order valence-corrected chi connectivity index (χ2v) is 13.8. The number of carbonyl (C=O) groups is 1. The average molecular weight is 678 g/mol. The van der Waals surface area contributed by atoms with Crippen molar-refractivity contribution in [2.45, 2.75) is 44.2 Å². The molecule has 5 heterocycles. The molecule has 250 valence electrons. The molecule has 1 atom stereocenters. The van der Waals surface area contributed by atoms with E-state index in [-0.39, 0.29) is 17.5 Å². The van der Waals surface area contributed by atoms with E-state index >= 15 is 0 Å². The minimum atomic E-state index is -0.419. The highest BCUT2D eigenvalue weighted by Crippen LogP contribution is 2.47. The zero-order valence-corrected chi connectivity index (χ0v) is 28.5. The van der Waals surface area contributed by atoms with Crippen molar-refractivity contribution in [3.8, 4) is 28.3 Å². The number of hydrogen-bond acceptors (Lipinski definition) is 8. The van der Waals surface area contributed by atoms with Gasteiger partial charge in [0, 0.05) is 68.2 Å². The van der Waals surface area contributed by atoms with Crippen molar-refractivity contribution in [3.63, 3.8) is 0 Å². The molecular formula is C37H36ClN7O4. The van der Waals surface area contributed by atoms with Gasteiger partial charge in [-0.3, -0.25) is 23.6 Å². The second-order valence-electron chi connectivity index (χ2n) is 13.4. The Morgan fingerprint density at radius 2 is 1.76 bits per heavy atom. The van der Waals surface area contributed by atoms with Crippen LogP contribution >= 0.6 is 11.6 Å². The van der Waals surface area contributed by atoms with Crippen LogP contribution < -0.4 is 26.6 Å². The largest absolute Gasteiger partial charge is 0.481 e. The van der Waals surface area contributed by atoms with Crippen molar-refractivity contribution in [2.75, 3.05) is 25.5 Å². The van der Waals surface area contributed by atoms with Crippen LogP contribution in [0.25, 0.3) is 33.3 Å². The maximum atomic E-state index is 13.2. The maximum absolute atomic E-state index is 13.2. The van der Waals surface area contributed by atoms with Crippen LogP contribution in [0.15, 0.2) is 64.3 Å². The van der Waals surface area contributed by atoms with Crippen molar-refractivity contribution in [3.05, 3.63) is 97.3 Å². The molecule has 12 heteroatoms. The molecule has 2 aromatic carbocycles. The molecule has 8 rings (SSSR count). The molecule has 2 fully saturated rings. The smallest absolute Gasteiger partial charge is 0.330 e. The zero-order chi connectivity index (χ0) is 34.2. The first-order valence-electron chi connectivity index (χ1n) is 16.4. The van der Waals surface area contributed by atoms with Gasteiger partial charge in [0.2, 0.25) is 11.8 Å². The lowest BCUT2D eigenvalue weighted by molar-refractivity contribution is -0.121. The molecule has 5 aromatic rings. The van der Waals surface area contributed by atoms with Crippen LogP contribution in [0.2, 0.25) is 5.02 Å². The number of aryl methyl sites for hydroxylation is 2. The maximum Gasteiger partial charge on any atom is 0.330 e. The molecular weight excluding hydrogens is 642 g/mol. The highest BCUT2D eigenvalue weighted by atomic mass is 35.5. The van der Waals surface area contributed by atoms with Gasteiger partial charge >= 0.3 is 5.69 Å². The van der Waals surface area contributed by atoms with Gasteiger partial charge in [0.05, 0.1) is 28.9 Å². The van der Waals surface area contributed by atoms with Crippen LogP contribution in [0.5, 0.6) is 5.88 Å². The van der Waals surface area contributed by atoms with Gasteiger partial charge in [0.1, 0.15) is 11.2 Å². The number of amides is 1. The Hall–Kier alpha value is -5.00. The first-order chi connectivity index (χ1) is 23.6. The molecule has 2 saturated heterocycles. The highest BCUT2D eigenvalue weighted by Gasteiger charge is 2.51. The Morgan fingerprint density at radius 1 is 1.00 bits per heavy atom. The summed E-state index contributed by atoms with van der Waals surface area (Å²) in [5.41, 5.74) is 6.90. The number of fused-ring (bicyclic) bond motifs is 2. The first kappa shape index (κ1) is 31.3. The third-order valence-corrected chi connectivity index (χ3v) is 11.0. The Kier molecular flexibility index (Phi) is 7.38. The van der Waals surface area contributed by atoms with Crippen LogP contribution in [0, 0.1) is 6.92 Å². The number of aromatic nitrogens is 4. The Bertz CT molecular complexity index is 2330. The summed E-state index contributed by atoms with van der Waals surface area (Å²) in [5, 5.41) is 7.44. The predicted molar refractivity (Wildman–Crippen MR) is 190 cm³/mol. The number of ether oxygens (including phenoxy) is 1. The number of halogens is 1. The molecule has 1 aliphatic carbocycles. The van der Waals surface area contributed by atoms with Crippen LogP contribution in [0.1, 0.15) is 42.0 Å². The standard InChI is InChI=1S/C37H36ClN7O4/c1-20-22(7-6-10-25(20)40-33-31-27(14-16-39-33)43(2)36(48)44(3)35(31)47)23-8-5-9-24(32(23)38)26-17-21-11-12-28(30(21)34(41-26)49-4)45-18-37(19-45)15-13-29(46)42-37/h5-10,14,16-17,28H,11-13,15,18-19H2,1-4H3,(H,39,40)(H,42,46). The lowest BCUT2D eigenvalue weighted by Gasteiger charge is -2.50. The van der Waals surface area contributed by atoms with Crippen LogP contribution in [-0.2, 0) is 25.3 Å². The topological polar surface area (TPSA) is 123 Å². The van der Waals surface area contributed by atoms with E-state index in [1.54, 1.807) is 26.4 Å². The molecule has 1 unspecified atom stereocenters. The lowest BCUT2D eigenvalue weighted by atomic mass is 9.86. The number of carbonyl (C=O) groups excluding carboxylic acids is 1. The van der Waals surface area contributed by atoms with Gasteiger partial charge in [-0.25, -0.2) is 14.8 Å². The number of pyridine rings is 2. The molecule has 1 amide bonds. The van der Waals surface area contributed by atoms with Crippen molar-refractivity contribution in [1.29, 1.82) is 0 Å². The lowest BCUT2D eigenvalue weighted by Crippen LogP contribution is -2.67. The molecule has 49 heavy (non-hydrogen) atoms. The Morgan fingerprint density at radius 3 is 2.51 bits per heavy atom. The van der Waals surface area contributed by atoms with Crippen LogP contribution in [0.3, 0.4) is 0 Å². The third kappa shape index (κ3) is 4.94. The number of methoxy groups -OCH3 is 1. The van der Waals surface area contributed by atoms with E-state index in [1.807, 2.05) is 43.3 Å². The molecule has 0 bridgehead atoms. The van der Waals surface area contributed by atoms with Crippen molar-refractivity contribution in [2.24, 2.45) is 14.1 Å². The van der Waals surface area contributed by atoms with E-state index in [9.17, 15) is 14.4 Å². The molecule has 0 radical (unpaired) electrons. The normalized spacial score (nSPS) is 18.1. The summed E-state index contributed by atoms with van der Waals surface area (Å²) in [6, 6.07) is 15.8. The van der Waals surface area contributed by atoms with Gasteiger partial charge in [0.25, 0.3) is 5.56 Å². The molecule has 1 spiro atoms. The predicted octanol–water partition coefficient (Wildman–Crippen LogP) is 5.03. The van der Waals surface area contributed by atoms with Gasteiger partial charge in [-0.1, -0.05) is 41.9 Å². The SMILES string of the molecule is COc1nc(-c2cccc(-c3cccc(Nc4nccc5c4c(=O)n(C)c(=O)n5C)c3C)c2Cl)cc2c1C(N1CC3(CCC(=O)N3)C1)CC2. The average Bonchev–Trinajstić information content (AvgIpc) is 3.70.